The number of aromatic nitrogens is 2. The number of carboxylic acids is 1. The van der Waals surface area contributed by atoms with E-state index in [0.29, 0.717) is 17.1 Å². The van der Waals surface area contributed by atoms with E-state index in [-0.39, 0.29) is 5.56 Å². The van der Waals surface area contributed by atoms with Crippen molar-refractivity contribution < 1.29 is 9.90 Å². The van der Waals surface area contributed by atoms with E-state index >= 15 is 0 Å². The zero-order valence-electron chi connectivity index (χ0n) is 8.29. The van der Waals surface area contributed by atoms with Crippen LogP contribution in [0.5, 0.6) is 0 Å². The van der Waals surface area contributed by atoms with E-state index in [1.807, 2.05) is 0 Å². The number of carboxylic acid groups (broad SMARTS) is 1. The number of aromatic carboxylic acids is 1. The lowest BCUT2D eigenvalue weighted by atomic mass is 10.0. The fourth-order valence-corrected chi connectivity index (χ4v) is 1.43. The van der Waals surface area contributed by atoms with Crippen LogP contribution in [0.15, 0.2) is 36.7 Å². The summed E-state index contributed by atoms with van der Waals surface area (Å²) in [6, 6.07) is 6.34. The number of nitrogen functional groups attached to an aromatic ring is 1. The Morgan fingerprint density at radius 1 is 1.19 bits per heavy atom. The van der Waals surface area contributed by atoms with Crippen molar-refractivity contribution in [1.29, 1.82) is 0 Å². The highest BCUT2D eigenvalue weighted by atomic mass is 16.4. The van der Waals surface area contributed by atoms with E-state index < -0.39 is 5.97 Å². The van der Waals surface area contributed by atoms with Gasteiger partial charge in [0.2, 0.25) is 0 Å². The number of nitrogens with zero attached hydrogens (tertiary/aromatic N) is 2. The maximum Gasteiger partial charge on any atom is 0.336 e. The van der Waals surface area contributed by atoms with E-state index in [0.717, 1.165) is 0 Å². The topological polar surface area (TPSA) is 89.1 Å². The quantitative estimate of drug-likeness (QED) is 0.739. The number of hydrogen-bond acceptors (Lipinski definition) is 4. The van der Waals surface area contributed by atoms with Crippen molar-refractivity contribution in [2.75, 3.05) is 5.73 Å². The Labute approximate surface area is 91.6 Å². The normalized spacial score (nSPS) is 10.0. The summed E-state index contributed by atoms with van der Waals surface area (Å²) in [5.41, 5.74) is 6.56. The summed E-state index contributed by atoms with van der Waals surface area (Å²) in [4.78, 5) is 19.0. The van der Waals surface area contributed by atoms with Crippen molar-refractivity contribution in [2.24, 2.45) is 0 Å². The molecule has 0 unspecified atom stereocenters. The van der Waals surface area contributed by atoms with Crippen LogP contribution >= 0.6 is 0 Å². The second-order valence-electron chi connectivity index (χ2n) is 3.15. The van der Waals surface area contributed by atoms with Crippen LogP contribution in [0.4, 0.5) is 5.69 Å². The first kappa shape index (κ1) is 10.1. The smallest absolute Gasteiger partial charge is 0.336 e. The number of nitrogens with two attached hydrogens (primary N) is 1. The van der Waals surface area contributed by atoms with Gasteiger partial charge in [-0.15, -0.1) is 0 Å². The number of benzene rings is 1. The predicted octanol–water partition coefficient (Wildman–Crippen LogP) is 1.42. The summed E-state index contributed by atoms with van der Waals surface area (Å²) in [5, 5.41) is 9.04. The number of anilines is 1. The van der Waals surface area contributed by atoms with Gasteiger partial charge in [0.1, 0.15) is 0 Å². The van der Waals surface area contributed by atoms with E-state index in [1.54, 1.807) is 30.6 Å². The molecule has 5 nitrogen and oxygen atoms in total. The molecule has 0 saturated heterocycles. The van der Waals surface area contributed by atoms with Gasteiger partial charge in [-0.1, -0.05) is 6.07 Å². The van der Waals surface area contributed by atoms with Gasteiger partial charge in [0.25, 0.3) is 0 Å². The monoisotopic (exact) mass is 215 g/mol. The number of carbonyl (C=O) groups is 1. The standard InChI is InChI=1S/C11H9N3O2/c12-8-4-1-3-7(11(15)16)9(8)10-13-5-2-6-14-10/h1-6H,12H2,(H,15,16). The molecule has 3 N–H and O–H groups in total. The van der Waals surface area contributed by atoms with Gasteiger partial charge in [-0.05, 0) is 18.2 Å². The molecule has 0 saturated carbocycles. The summed E-state index contributed by atoms with van der Waals surface area (Å²) in [5.74, 6) is -0.729. The molecular formula is C11H9N3O2. The predicted molar refractivity (Wildman–Crippen MR) is 58.8 cm³/mol. The maximum absolute atomic E-state index is 11.0. The van der Waals surface area contributed by atoms with Gasteiger partial charge in [-0.25, -0.2) is 14.8 Å². The molecule has 5 heteroatoms. The van der Waals surface area contributed by atoms with Crippen molar-refractivity contribution in [2.45, 2.75) is 0 Å². The molecule has 1 aromatic carbocycles. The zero-order chi connectivity index (χ0) is 11.5. The van der Waals surface area contributed by atoms with Crippen LogP contribution in [-0.4, -0.2) is 21.0 Å². The molecule has 1 aromatic heterocycles. The van der Waals surface area contributed by atoms with Gasteiger partial charge in [0.05, 0.1) is 11.1 Å². The zero-order valence-corrected chi connectivity index (χ0v) is 8.29. The second-order valence-corrected chi connectivity index (χ2v) is 3.15. The van der Waals surface area contributed by atoms with Crippen LogP contribution in [-0.2, 0) is 0 Å². The van der Waals surface area contributed by atoms with Crippen LogP contribution in [0.2, 0.25) is 0 Å². The van der Waals surface area contributed by atoms with Crippen LogP contribution in [0.1, 0.15) is 10.4 Å². The van der Waals surface area contributed by atoms with Crippen molar-refractivity contribution in [1.82, 2.24) is 9.97 Å². The lowest BCUT2D eigenvalue weighted by Gasteiger charge is -2.07. The maximum atomic E-state index is 11.0. The lowest BCUT2D eigenvalue weighted by molar-refractivity contribution is 0.0697. The molecule has 2 aromatic rings. The minimum atomic E-state index is -1.05. The van der Waals surface area contributed by atoms with Crippen molar-refractivity contribution >= 4 is 11.7 Å². The van der Waals surface area contributed by atoms with Crippen LogP contribution < -0.4 is 5.73 Å². The molecule has 0 amide bonds. The first-order valence-electron chi connectivity index (χ1n) is 4.59. The third kappa shape index (κ3) is 1.70. The third-order valence-corrected chi connectivity index (χ3v) is 2.12. The second kappa shape index (κ2) is 3.98. The Balaban J connectivity index is 2.68. The third-order valence-electron chi connectivity index (χ3n) is 2.12. The van der Waals surface area contributed by atoms with Crippen molar-refractivity contribution in [3.8, 4) is 11.4 Å². The average Bonchev–Trinajstić information content (AvgIpc) is 2.29. The van der Waals surface area contributed by atoms with Crippen molar-refractivity contribution in [3.63, 3.8) is 0 Å². The first-order valence-corrected chi connectivity index (χ1v) is 4.59. The lowest BCUT2D eigenvalue weighted by Crippen LogP contribution is -2.04. The first-order chi connectivity index (χ1) is 7.70. The molecular weight excluding hydrogens is 206 g/mol. The van der Waals surface area contributed by atoms with Gasteiger partial charge in [-0.3, -0.25) is 0 Å². The molecule has 0 atom stereocenters. The molecule has 0 spiro atoms. The summed E-state index contributed by atoms with van der Waals surface area (Å²) in [6.07, 6.45) is 3.08. The van der Waals surface area contributed by atoms with E-state index in [9.17, 15) is 4.79 Å². The highest BCUT2D eigenvalue weighted by Gasteiger charge is 2.15. The molecule has 0 bridgehead atoms. The summed E-state index contributed by atoms with van der Waals surface area (Å²) in [6.45, 7) is 0. The average molecular weight is 215 g/mol. The van der Waals surface area contributed by atoms with Gasteiger partial charge < -0.3 is 10.8 Å². The fourth-order valence-electron chi connectivity index (χ4n) is 1.43. The molecule has 0 aliphatic carbocycles. The highest BCUT2D eigenvalue weighted by molar-refractivity contribution is 5.98. The molecule has 0 aliphatic rings. The van der Waals surface area contributed by atoms with Gasteiger partial charge in [-0.2, -0.15) is 0 Å². The molecule has 0 radical (unpaired) electrons. The van der Waals surface area contributed by atoms with Crippen LogP contribution in [0.25, 0.3) is 11.4 Å². The molecule has 16 heavy (non-hydrogen) atoms. The molecule has 80 valence electrons. The summed E-state index contributed by atoms with van der Waals surface area (Å²) >= 11 is 0. The minimum absolute atomic E-state index is 0.103. The molecule has 2 rings (SSSR count). The number of rotatable bonds is 2. The summed E-state index contributed by atoms with van der Waals surface area (Å²) in [7, 11) is 0. The van der Waals surface area contributed by atoms with E-state index in [4.69, 9.17) is 10.8 Å². The van der Waals surface area contributed by atoms with Gasteiger partial charge >= 0.3 is 5.97 Å². The summed E-state index contributed by atoms with van der Waals surface area (Å²) < 4.78 is 0. The van der Waals surface area contributed by atoms with Crippen LogP contribution in [0, 0.1) is 0 Å². The van der Waals surface area contributed by atoms with E-state index in [2.05, 4.69) is 9.97 Å². The molecule has 0 aliphatic heterocycles. The highest BCUT2D eigenvalue weighted by Crippen LogP contribution is 2.26. The Kier molecular flexibility index (Phi) is 2.51. The minimum Gasteiger partial charge on any atom is -0.478 e. The van der Waals surface area contributed by atoms with Crippen molar-refractivity contribution in [3.05, 3.63) is 42.2 Å². The Morgan fingerprint density at radius 3 is 2.50 bits per heavy atom. The fraction of sp³-hybridized carbons (Fsp3) is 0. The molecule has 0 fully saturated rings. The van der Waals surface area contributed by atoms with Gasteiger partial charge in [0, 0.05) is 18.1 Å². The Morgan fingerprint density at radius 2 is 1.88 bits per heavy atom. The van der Waals surface area contributed by atoms with E-state index in [1.165, 1.54) is 6.07 Å². The largest absolute Gasteiger partial charge is 0.478 e. The Bertz CT molecular complexity index is 526. The van der Waals surface area contributed by atoms with Crippen LogP contribution in [0.3, 0.4) is 0 Å². The Hall–Kier alpha value is -2.43. The SMILES string of the molecule is Nc1cccc(C(=O)O)c1-c1ncccn1. The molecule has 1 heterocycles. The van der Waals surface area contributed by atoms with Gasteiger partial charge in [0.15, 0.2) is 5.82 Å². The number of hydrogen-bond donors (Lipinski definition) is 2.